The number of fused-ring (bicyclic) bond motifs is 1. The number of hydrazine groups is 1. The molecule has 14 heteroatoms. The number of Topliss-reactive ketones (excluding diaryl/α,β-unsaturated/α-hetero) is 1. The third-order valence-corrected chi connectivity index (χ3v) is 12.1. The first-order valence-corrected chi connectivity index (χ1v) is 19.2. The number of cyclic esters (lactones) is 1. The van der Waals surface area contributed by atoms with Crippen LogP contribution in [0.5, 0.6) is 0 Å². The van der Waals surface area contributed by atoms with Crippen molar-refractivity contribution in [3.05, 3.63) is 30.1 Å². The molecule has 14 nitrogen and oxygen atoms in total. The minimum Gasteiger partial charge on any atom is -0.457 e. The maximum Gasteiger partial charge on any atom is 0.431 e. The number of aromatic nitrogens is 1. The van der Waals surface area contributed by atoms with Crippen LogP contribution in [0.4, 0.5) is 4.79 Å². The van der Waals surface area contributed by atoms with E-state index in [4.69, 9.17) is 28.8 Å². The predicted molar refractivity (Wildman–Crippen MR) is 196 cm³/mol. The number of hydrogen-bond acceptors (Lipinski definition) is 13. The van der Waals surface area contributed by atoms with Crippen LogP contribution < -0.4 is 0 Å². The van der Waals surface area contributed by atoms with Crippen molar-refractivity contribution in [2.75, 3.05) is 27.7 Å². The highest BCUT2D eigenvalue weighted by molar-refractivity contribution is 6.00. The summed E-state index contributed by atoms with van der Waals surface area (Å²) in [6.45, 7) is 15.3. The summed E-state index contributed by atoms with van der Waals surface area (Å²) in [6.07, 6.45) is -0.223. The third-order valence-electron chi connectivity index (χ3n) is 12.1. The minimum atomic E-state index is -1.25. The highest BCUT2D eigenvalue weighted by Gasteiger charge is 2.63. The lowest BCUT2D eigenvalue weighted by Crippen LogP contribution is -2.63. The molecule has 0 spiro atoms. The van der Waals surface area contributed by atoms with E-state index in [9.17, 15) is 19.5 Å². The monoisotopic (exact) mass is 743 g/mol. The fraction of sp³-hybridized carbons (Fsp3) is 0.769. The predicted octanol–water partition coefficient (Wildman–Crippen LogP) is 4.24. The van der Waals surface area contributed by atoms with Crippen molar-refractivity contribution < 1.29 is 43.2 Å². The Hall–Kier alpha value is -3.17. The number of aliphatic hydroxyl groups excluding tert-OH is 1. The third kappa shape index (κ3) is 7.98. The number of hydrogen-bond donors (Lipinski definition) is 1. The molecule has 1 N–H and O–H groups in total. The molecule has 3 fully saturated rings. The first kappa shape index (κ1) is 41.0. The van der Waals surface area contributed by atoms with E-state index in [1.165, 1.54) is 6.92 Å². The smallest absolute Gasteiger partial charge is 0.431 e. The van der Waals surface area contributed by atoms with Crippen molar-refractivity contribution in [2.24, 2.45) is 28.8 Å². The number of rotatable bonds is 9. The number of esters is 1. The van der Waals surface area contributed by atoms with Crippen molar-refractivity contribution in [1.29, 1.82) is 0 Å². The minimum absolute atomic E-state index is 0.220. The Morgan fingerprint density at radius 1 is 1.08 bits per heavy atom. The second kappa shape index (κ2) is 16.3. The molecule has 5 heterocycles. The molecule has 0 saturated carbocycles. The van der Waals surface area contributed by atoms with Gasteiger partial charge in [-0.1, -0.05) is 33.8 Å². The molecule has 1 amide bonds. The topological polar surface area (TPSA) is 153 Å². The molecule has 1 aromatic rings. The molecule has 296 valence electrons. The van der Waals surface area contributed by atoms with Gasteiger partial charge in [0.25, 0.3) is 0 Å². The fourth-order valence-electron chi connectivity index (χ4n) is 9.07. The lowest BCUT2D eigenvalue weighted by molar-refractivity contribution is -0.295. The molecule has 1 aromatic heterocycles. The Morgan fingerprint density at radius 2 is 1.79 bits per heavy atom. The number of amides is 1. The summed E-state index contributed by atoms with van der Waals surface area (Å²) in [5, 5.41) is 19.9. The number of aryl methyl sites for hydroxylation is 1. The number of nitrogens with zero attached hydrogens (tertiary/aromatic N) is 5. The van der Waals surface area contributed by atoms with Crippen LogP contribution in [0, 0.1) is 23.7 Å². The molecule has 13 atom stereocenters. The summed E-state index contributed by atoms with van der Waals surface area (Å²) in [7, 11) is 5.38. The van der Waals surface area contributed by atoms with Gasteiger partial charge in [-0.15, -0.1) is 0 Å². The van der Waals surface area contributed by atoms with Gasteiger partial charge in [-0.2, -0.15) is 15.2 Å². The molecule has 0 radical (unpaired) electrons. The normalized spacial score (nSPS) is 39.8. The van der Waals surface area contributed by atoms with Crippen molar-refractivity contribution in [3.63, 3.8) is 0 Å². The Bertz CT molecular complexity index is 1500. The molecule has 4 aliphatic heterocycles. The van der Waals surface area contributed by atoms with Crippen molar-refractivity contribution in [1.82, 2.24) is 20.0 Å². The maximum atomic E-state index is 14.3. The lowest BCUT2D eigenvalue weighted by atomic mass is 9.73. The summed E-state index contributed by atoms with van der Waals surface area (Å²) in [5.74, 6) is -3.71. The Morgan fingerprint density at radius 3 is 2.42 bits per heavy atom. The zero-order valence-corrected chi connectivity index (χ0v) is 33.4. The molecular weight excluding hydrogens is 682 g/mol. The molecule has 5 rings (SSSR count). The zero-order chi connectivity index (χ0) is 39.0. The van der Waals surface area contributed by atoms with E-state index < -0.39 is 71.5 Å². The van der Waals surface area contributed by atoms with Crippen molar-refractivity contribution in [3.8, 4) is 0 Å². The number of carbonyl (C=O) groups is 3. The van der Waals surface area contributed by atoms with Gasteiger partial charge in [-0.3, -0.25) is 14.6 Å². The maximum absolute atomic E-state index is 14.3. The summed E-state index contributed by atoms with van der Waals surface area (Å²) in [6, 6.07) is 4.99. The Labute approximate surface area is 314 Å². The lowest BCUT2D eigenvalue weighted by Gasteiger charge is -2.49. The van der Waals surface area contributed by atoms with E-state index >= 15 is 0 Å². The average Bonchev–Trinajstić information content (AvgIpc) is 3.41. The van der Waals surface area contributed by atoms with Crippen LogP contribution in [0.1, 0.15) is 86.8 Å². The van der Waals surface area contributed by atoms with Crippen LogP contribution in [0.3, 0.4) is 0 Å². The number of ketones is 1. The first-order valence-electron chi connectivity index (χ1n) is 19.2. The van der Waals surface area contributed by atoms with Crippen molar-refractivity contribution >= 4 is 23.6 Å². The molecule has 4 aliphatic rings. The quantitative estimate of drug-likeness (QED) is 0.285. The Kier molecular flexibility index (Phi) is 12.6. The summed E-state index contributed by atoms with van der Waals surface area (Å²) < 4.78 is 31.6. The molecule has 3 saturated heterocycles. The van der Waals surface area contributed by atoms with Gasteiger partial charge < -0.3 is 33.7 Å². The van der Waals surface area contributed by atoms with E-state index in [1.54, 1.807) is 30.4 Å². The van der Waals surface area contributed by atoms with Crippen LogP contribution in [0.25, 0.3) is 0 Å². The molecule has 53 heavy (non-hydrogen) atoms. The van der Waals surface area contributed by atoms with Gasteiger partial charge in [-0.25, -0.2) is 4.79 Å². The van der Waals surface area contributed by atoms with Gasteiger partial charge in [-0.05, 0) is 91.9 Å². The van der Waals surface area contributed by atoms with E-state index in [-0.39, 0.29) is 24.0 Å². The zero-order valence-electron chi connectivity index (χ0n) is 33.4. The van der Waals surface area contributed by atoms with E-state index in [2.05, 4.69) is 11.9 Å². The van der Waals surface area contributed by atoms with Gasteiger partial charge in [0, 0.05) is 42.6 Å². The second-order valence-corrected chi connectivity index (χ2v) is 16.2. The fourth-order valence-corrected chi connectivity index (χ4v) is 9.07. The van der Waals surface area contributed by atoms with Crippen molar-refractivity contribution in [2.45, 2.75) is 141 Å². The number of likely N-dealkylation sites (N-methyl/N-ethyl adjacent to an activating group) is 1. The molecule has 1 unspecified atom stereocenters. The number of pyridine rings is 1. The number of ether oxygens (including phenoxy) is 5. The molecule has 0 aromatic carbocycles. The van der Waals surface area contributed by atoms with Crippen LogP contribution in [0.15, 0.2) is 29.5 Å². The standard InChI is InChI=1S/C39H61N5O9/c1-12-29-39(8)33-24(4)30(41-43(44(33)37(48)53-39)19-15-17-27-16-13-14-18-40-27)22(2)21-38(7,49-11)34(25(5)31(45)26(6)35(47)51-29)52-36-32(46)28(42(9)10)20-23(3)50-36/h13-14,16,18,22-26,28-29,32-34,36,46H,12,15,17,19-21H2,1-11H3/t22-,23+,24-,25-,26+,28-,29-,32+,33-,34+,36-,38?,39-/m1/s1. The number of aliphatic hydroxyl groups is 1. The van der Waals surface area contributed by atoms with Crippen LogP contribution in [0.2, 0.25) is 0 Å². The molecule has 0 aliphatic carbocycles. The number of methoxy groups -OCH3 is 1. The van der Waals surface area contributed by atoms with Gasteiger partial charge in [0.05, 0.1) is 24.4 Å². The SMILES string of the molecule is CC[C@H]1OC(=O)[C@@H](C)C(=O)[C@@H](C)[C@H](O[C@H]2O[C@@H](C)C[C@@H](N(C)C)[C@@H]2O)C(C)(OC)C[C@@H](C)C2=NN(CCCc3ccccn3)N3C(=O)O[C@@]1(C)[C@H]3[C@@H]2C. The first-order chi connectivity index (χ1) is 25.0. The largest absolute Gasteiger partial charge is 0.457 e. The van der Waals surface area contributed by atoms with E-state index in [1.807, 2.05) is 71.8 Å². The van der Waals surface area contributed by atoms with E-state index in [0.717, 1.165) is 11.4 Å². The average molecular weight is 744 g/mol. The Balaban J connectivity index is 1.58. The van der Waals surface area contributed by atoms with Gasteiger partial charge >= 0.3 is 12.1 Å². The molecular formula is C39H61N5O9. The van der Waals surface area contributed by atoms with Gasteiger partial charge in [0.1, 0.15) is 24.2 Å². The number of carbonyl (C=O) groups excluding carboxylic acids is 3. The summed E-state index contributed by atoms with van der Waals surface area (Å²) in [5.41, 5.74) is -0.619. The summed E-state index contributed by atoms with van der Waals surface area (Å²) in [4.78, 5) is 48.4. The van der Waals surface area contributed by atoms with E-state index in [0.29, 0.717) is 38.6 Å². The van der Waals surface area contributed by atoms with Crippen LogP contribution >= 0.6 is 0 Å². The summed E-state index contributed by atoms with van der Waals surface area (Å²) >= 11 is 0. The van der Waals surface area contributed by atoms with Crippen LogP contribution in [-0.2, 0) is 39.7 Å². The highest BCUT2D eigenvalue weighted by Crippen LogP contribution is 2.45. The van der Waals surface area contributed by atoms with Crippen LogP contribution in [-0.4, -0.2) is 130 Å². The highest BCUT2D eigenvalue weighted by atomic mass is 16.7. The van der Waals surface area contributed by atoms with Gasteiger partial charge in [0.2, 0.25) is 0 Å². The van der Waals surface area contributed by atoms with Gasteiger partial charge in [0.15, 0.2) is 17.7 Å². The second-order valence-electron chi connectivity index (χ2n) is 16.2. The molecule has 2 bridgehead atoms. The number of hydrazone groups is 1.